The zero-order chi connectivity index (χ0) is 15.5. The molecule has 5 nitrogen and oxygen atoms in total. The molecular weight excluding hydrogens is 325 g/mol. The summed E-state index contributed by atoms with van der Waals surface area (Å²) in [5.74, 6) is 6.73. The molecule has 1 aromatic carbocycles. The maximum Gasteiger partial charge on any atom is 0.210 e. The van der Waals surface area contributed by atoms with Gasteiger partial charge in [0.1, 0.15) is 5.82 Å². The van der Waals surface area contributed by atoms with Crippen molar-refractivity contribution < 1.29 is 4.39 Å². The van der Waals surface area contributed by atoms with Gasteiger partial charge in [-0.2, -0.15) is 0 Å². The highest BCUT2D eigenvalue weighted by atomic mass is 35.5. The van der Waals surface area contributed by atoms with Crippen molar-refractivity contribution in [3.05, 3.63) is 59.1 Å². The van der Waals surface area contributed by atoms with Gasteiger partial charge in [-0.1, -0.05) is 29.4 Å². The van der Waals surface area contributed by atoms with Crippen LogP contribution in [0.4, 0.5) is 4.39 Å². The van der Waals surface area contributed by atoms with Crippen LogP contribution in [0.3, 0.4) is 0 Å². The van der Waals surface area contributed by atoms with Crippen LogP contribution in [0.15, 0.2) is 47.9 Å². The molecule has 3 rings (SSSR count). The van der Waals surface area contributed by atoms with E-state index in [2.05, 4.69) is 15.2 Å². The summed E-state index contributed by atoms with van der Waals surface area (Å²) in [7, 11) is 0. The van der Waals surface area contributed by atoms with Gasteiger partial charge in [-0.05, 0) is 29.8 Å². The van der Waals surface area contributed by atoms with E-state index in [1.165, 1.54) is 28.6 Å². The monoisotopic (exact) mass is 335 g/mol. The fourth-order valence-corrected chi connectivity index (χ4v) is 3.03. The topological polar surface area (TPSA) is 69.6 Å². The summed E-state index contributed by atoms with van der Waals surface area (Å²) >= 11 is 7.38. The molecule has 0 fully saturated rings. The van der Waals surface area contributed by atoms with Crippen LogP contribution in [-0.4, -0.2) is 19.9 Å². The van der Waals surface area contributed by atoms with E-state index >= 15 is 0 Å². The highest BCUT2D eigenvalue weighted by Gasteiger charge is 2.13. The SMILES string of the molecule is Nn1c(SCc2ccc(F)cc2Cl)nnc1-c1ccncc1. The summed E-state index contributed by atoms with van der Waals surface area (Å²) in [6, 6.07) is 7.91. The third kappa shape index (κ3) is 3.05. The van der Waals surface area contributed by atoms with Gasteiger partial charge in [0.25, 0.3) is 0 Å². The molecule has 8 heteroatoms. The summed E-state index contributed by atoms with van der Waals surface area (Å²) < 4.78 is 14.4. The first-order valence-corrected chi connectivity index (χ1v) is 7.69. The quantitative estimate of drug-likeness (QED) is 0.586. The summed E-state index contributed by atoms with van der Waals surface area (Å²) in [4.78, 5) is 3.95. The Morgan fingerprint density at radius 1 is 1.18 bits per heavy atom. The molecule has 112 valence electrons. The Balaban J connectivity index is 1.78. The van der Waals surface area contributed by atoms with E-state index in [1.54, 1.807) is 30.6 Å². The van der Waals surface area contributed by atoms with Crippen LogP contribution < -0.4 is 5.84 Å². The Hall–Kier alpha value is -2.12. The van der Waals surface area contributed by atoms with Crippen LogP contribution in [0, 0.1) is 5.82 Å². The fraction of sp³-hybridized carbons (Fsp3) is 0.0714. The van der Waals surface area contributed by atoms with Crippen molar-refractivity contribution in [1.29, 1.82) is 0 Å². The van der Waals surface area contributed by atoms with Crippen molar-refractivity contribution >= 4 is 23.4 Å². The molecule has 22 heavy (non-hydrogen) atoms. The predicted molar refractivity (Wildman–Crippen MR) is 84.4 cm³/mol. The van der Waals surface area contributed by atoms with Gasteiger partial charge in [0, 0.05) is 28.7 Å². The molecule has 0 spiro atoms. The Morgan fingerprint density at radius 2 is 1.95 bits per heavy atom. The predicted octanol–water partition coefficient (Wildman–Crippen LogP) is 3.14. The van der Waals surface area contributed by atoms with Crippen LogP contribution in [-0.2, 0) is 5.75 Å². The van der Waals surface area contributed by atoms with Gasteiger partial charge in [0.15, 0.2) is 5.82 Å². The zero-order valence-corrected chi connectivity index (χ0v) is 12.9. The normalized spacial score (nSPS) is 10.8. The number of halogens is 2. The van der Waals surface area contributed by atoms with Crippen molar-refractivity contribution in [3.63, 3.8) is 0 Å². The molecule has 0 aliphatic carbocycles. The first-order chi connectivity index (χ1) is 10.6. The lowest BCUT2D eigenvalue weighted by atomic mass is 10.2. The van der Waals surface area contributed by atoms with Gasteiger partial charge in [0.05, 0.1) is 0 Å². The van der Waals surface area contributed by atoms with E-state index in [1.807, 2.05) is 0 Å². The second-order valence-corrected chi connectivity index (χ2v) is 5.79. The summed E-state index contributed by atoms with van der Waals surface area (Å²) in [6.07, 6.45) is 3.32. The molecule has 0 aliphatic rings. The Kier molecular flexibility index (Phi) is 4.26. The number of aromatic nitrogens is 4. The van der Waals surface area contributed by atoms with Gasteiger partial charge in [-0.15, -0.1) is 10.2 Å². The number of nitrogens with two attached hydrogens (primary N) is 1. The lowest BCUT2D eigenvalue weighted by Gasteiger charge is -2.05. The van der Waals surface area contributed by atoms with Gasteiger partial charge in [0.2, 0.25) is 5.16 Å². The molecule has 0 saturated heterocycles. The van der Waals surface area contributed by atoms with Crippen LogP contribution in [0.2, 0.25) is 5.02 Å². The summed E-state index contributed by atoms with van der Waals surface area (Å²) in [6.45, 7) is 0. The smallest absolute Gasteiger partial charge is 0.210 e. The highest BCUT2D eigenvalue weighted by molar-refractivity contribution is 7.98. The Labute approximate surface area is 135 Å². The summed E-state index contributed by atoms with van der Waals surface area (Å²) in [5, 5.41) is 9.08. The zero-order valence-electron chi connectivity index (χ0n) is 11.3. The van der Waals surface area contributed by atoms with E-state index < -0.39 is 0 Å². The Morgan fingerprint density at radius 3 is 2.68 bits per heavy atom. The second-order valence-electron chi connectivity index (χ2n) is 4.44. The number of hydrogen-bond donors (Lipinski definition) is 1. The molecule has 0 radical (unpaired) electrons. The van der Waals surface area contributed by atoms with E-state index in [-0.39, 0.29) is 5.82 Å². The number of thioether (sulfide) groups is 1. The molecule has 0 atom stereocenters. The lowest BCUT2D eigenvalue weighted by molar-refractivity contribution is 0.627. The molecule has 0 amide bonds. The van der Waals surface area contributed by atoms with E-state index in [9.17, 15) is 4.39 Å². The number of rotatable bonds is 4. The van der Waals surface area contributed by atoms with E-state index in [4.69, 9.17) is 17.4 Å². The largest absolute Gasteiger partial charge is 0.335 e. The highest BCUT2D eigenvalue weighted by Crippen LogP contribution is 2.27. The van der Waals surface area contributed by atoms with Crippen LogP contribution in [0.1, 0.15) is 5.56 Å². The second kappa shape index (κ2) is 6.33. The molecule has 0 unspecified atom stereocenters. The van der Waals surface area contributed by atoms with Gasteiger partial charge >= 0.3 is 0 Å². The first kappa shape index (κ1) is 14.8. The van der Waals surface area contributed by atoms with E-state index in [0.717, 1.165) is 11.1 Å². The number of benzene rings is 1. The maximum atomic E-state index is 13.0. The minimum atomic E-state index is -0.360. The van der Waals surface area contributed by atoms with Crippen molar-refractivity contribution in [2.75, 3.05) is 5.84 Å². The third-order valence-electron chi connectivity index (χ3n) is 2.97. The van der Waals surface area contributed by atoms with Crippen molar-refractivity contribution in [3.8, 4) is 11.4 Å². The van der Waals surface area contributed by atoms with Crippen LogP contribution in [0.5, 0.6) is 0 Å². The molecule has 0 bridgehead atoms. The van der Waals surface area contributed by atoms with Crippen molar-refractivity contribution in [1.82, 2.24) is 19.9 Å². The molecule has 0 saturated carbocycles. The first-order valence-electron chi connectivity index (χ1n) is 6.33. The van der Waals surface area contributed by atoms with Crippen molar-refractivity contribution in [2.45, 2.75) is 10.9 Å². The number of pyridine rings is 1. The van der Waals surface area contributed by atoms with Crippen molar-refractivity contribution in [2.24, 2.45) is 0 Å². The molecule has 0 aliphatic heterocycles. The molecule has 2 aromatic heterocycles. The van der Waals surface area contributed by atoms with Gasteiger partial charge in [-0.3, -0.25) is 4.98 Å². The average molecular weight is 336 g/mol. The molecule has 2 heterocycles. The minimum absolute atomic E-state index is 0.360. The third-order valence-corrected chi connectivity index (χ3v) is 4.32. The fourth-order valence-electron chi connectivity index (χ4n) is 1.85. The lowest BCUT2D eigenvalue weighted by Crippen LogP contribution is -2.11. The Bertz CT molecular complexity index is 793. The molecule has 2 N–H and O–H groups in total. The van der Waals surface area contributed by atoms with E-state index in [0.29, 0.717) is 21.8 Å². The van der Waals surface area contributed by atoms with Crippen LogP contribution >= 0.6 is 23.4 Å². The standard InChI is InChI=1S/C14H11ClFN5S/c15-12-7-11(16)2-1-10(12)8-22-14-20-19-13(21(14)17)9-3-5-18-6-4-9/h1-7H,8,17H2. The number of nitrogens with zero attached hydrogens (tertiary/aromatic N) is 4. The minimum Gasteiger partial charge on any atom is -0.335 e. The maximum absolute atomic E-state index is 13.0. The number of hydrogen-bond acceptors (Lipinski definition) is 5. The summed E-state index contributed by atoms with van der Waals surface area (Å²) in [5.41, 5.74) is 1.64. The van der Waals surface area contributed by atoms with Crippen LogP contribution in [0.25, 0.3) is 11.4 Å². The molecule has 3 aromatic rings. The number of nitrogen functional groups attached to an aromatic ring is 1. The van der Waals surface area contributed by atoms with Gasteiger partial charge in [-0.25, -0.2) is 9.07 Å². The van der Waals surface area contributed by atoms with Gasteiger partial charge < -0.3 is 5.84 Å². The molecular formula is C14H11ClFN5S. The average Bonchev–Trinajstić information content (AvgIpc) is 2.88.